The normalized spacial score (nSPS) is 12.4. The highest BCUT2D eigenvalue weighted by Gasteiger charge is 2.13. The summed E-state index contributed by atoms with van der Waals surface area (Å²) in [6, 6.07) is 11.9. The molecule has 2 aromatic rings. The molecule has 2 rings (SSSR count). The van der Waals surface area contributed by atoms with Crippen LogP contribution >= 0.6 is 15.9 Å². The molecule has 0 amide bonds. The first kappa shape index (κ1) is 15.2. The maximum atomic E-state index is 13.3. The van der Waals surface area contributed by atoms with Gasteiger partial charge in [0.1, 0.15) is 5.82 Å². The standard InChI is InChI=1S/C17H19BrFN/c1-11-4-6-14(12(2)8-11)17(20-3)10-13-5-7-16(19)15(18)9-13/h4-9,17,20H,10H2,1-3H3. The van der Waals surface area contributed by atoms with Gasteiger partial charge in [-0.3, -0.25) is 0 Å². The Morgan fingerprint density at radius 1 is 1.15 bits per heavy atom. The Bertz CT molecular complexity index is 610. The minimum atomic E-state index is -0.221. The summed E-state index contributed by atoms with van der Waals surface area (Å²) in [6.45, 7) is 4.23. The minimum Gasteiger partial charge on any atom is -0.313 e. The molecule has 1 unspecified atom stereocenters. The van der Waals surface area contributed by atoms with Gasteiger partial charge in [0.25, 0.3) is 0 Å². The maximum Gasteiger partial charge on any atom is 0.137 e. The zero-order valence-corrected chi connectivity index (χ0v) is 13.6. The van der Waals surface area contributed by atoms with Crippen LogP contribution in [0.1, 0.15) is 28.3 Å². The summed E-state index contributed by atoms with van der Waals surface area (Å²) in [4.78, 5) is 0. The second kappa shape index (κ2) is 6.51. The van der Waals surface area contributed by atoms with E-state index in [-0.39, 0.29) is 11.9 Å². The SMILES string of the molecule is CNC(Cc1ccc(F)c(Br)c1)c1ccc(C)cc1C. The average Bonchev–Trinajstić information content (AvgIpc) is 2.41. The van der Waals surface area contributed by atoms with Crippen molar-refractivity contribution in [1.82, 2.24) is 5.32 Å². The zero-order valence-electron chi connectivity index (χ0n) is 12.0. The Labute approximate surface area is 128 Å². The molecule has 20 heavy (non-hydrogen) atoms. The van der Waals surface area contributed by atoms with E-state index in [1.807, 2.05) is 19.2 Å². The lowest BCUT2D eigenvalue weighted by molar-refractivity contribution is 0.585. The summed E-state index contributed by atoms with van der Waals surface area (Å²) in [5, 5.41) is 3.35. The molecule has 1 atom stereocenters. The smallest absolute Gasteiger partial charge is 0.137 e. The molecule has 0 fully saturated rings. The second-order valence-corrected chi connectivity index (χ2v) is 6.01. The summed E-state index contributed by atoms with van der Waals surface area (Å²) in [5.74, 6) is -0.221. The lowest BCUT2D eigenvalue weighted by Crippen LogP contribution is -2.20. The molecule has 106 valence electrons. The molecule has 1 N–H and O–H groups in total. The summed E-state index contributed by atoms with van der Waals surface area (Å²) < 4.78 is 13.8. The Morgan fingerprint density at radius 3 is 2.50 bits per heavy atom. The van der Waals surface area contributed by atoms with Crippen molar-refractivity contribution < 1.29 is 4.39 Å². The fourth-order valence-electron chi connectivity index (χ4n) is 2.49. The van der Waals surface area contributed by atoms with E-state index in [1.54, 1.807) is 0 Å². The number of benzene rings is 2. The van der Waals surface area contributed by atoms with Crippen LogP contribution in [-0.2, 0) is 6.42 Å². The van der Waals surface area contributed by atoms with Crippen molar-refractivity contribution in [3.63, 3.8) is 0 Å². The molecule has 0 bridgehead atoms. The Morgan fingerprint density at radius 2 is 1.90 bits per heavy atom. The largest absolute Gasteiger partial charge is 0.313 e. The van der Waals surface area contributed by atoms with E-state index in [4.69, 9.17) is 0 Å². The number of hydrogen-bond acceptors (Lipinski definition) is 1. The molecule has 0 saturated carbocycles. The van der Waals surface area contributed by atoms with Gasteiger partial charge in [-0.15, -0.1) is 0 Å². The third-order valence-corrected chi connectivity index (χ3v) is 4.18. The lowest BCUT2D eigenvalue weighted by atomic mass is 9.94. The predicted molar refractivity (Wildman–Crippen MR) is 85.5 cm³/mol. The first-order valence-electron chi connectivity index (χ1n) is 6.69. The lowest BCUT2D eigenvalue weighted by Gasteiger charge is -2.19. The van der Waals surface area contributed by atoms with E-state index >= 15 is 0 Å². The van der Waals surface area contributed by atoms with Crippen LogP contribution in [0.15, 0.2) is 40.9 Å². The highest BCUT2D eigenvalue weighted by atomic mass is 79.9. The average molecular weight is 336 g/mol. The molecule has 2 aromatic carbocycles. The van der Waals surface area contributed by atoms with Crippen LogP contribution in [0, 0.1) is 19.7 Å². The van der Waals surface area contributed by atoms with Gasteiger partial charge in [0, 0.05) is 6.04 Å². The van der Waals surface area contributed by atoms with Crippen molar-refractivity contribution in [2.45, 2.75) is 26.3 Å². The van der Waals surface area contributed by atoms with Gasteiger partial charge in [-0.2, -0.15) is 0 Å². The molecule has 0 aromatic heterocycles. The number of aryl methyl sites for hydroxylation is 2. The van der Waals surface area contributed by atoms with Crippen LogP contribution in [0.4, 0.5) is 4.39 Å². The van der Waals surface area contributed by atoms with Crippen LogP contribution < -0.4 is 5.32 Å². The van der Waals surface area contributed by atoms with Gasteiger partial charge in [-0.1, -0.05) is 29.8 Å². The van der Waals surface area contributed by atoms with Crippen LogP contribution in [0.25, 0.3) is 0 Å². The summed E-state index contributed by atoms with van der Waals surface area (Å²) >= 11 is 3.24. The fraction of sp³-hybridized carbons (Fsp3) is 0.294. The van der Waals surface area contributed by atoms with Crippen molar-refractivity contribution in [2.75, 3.05) is 7.05 Å². The van der Waals surface area contributed by atoms with Gasteiger partial charge in [0.2, 0.25) is 0 Å². The monoisotopic (exact) mass is 335 g/mol. The van der Waals surface area contributed by atoms with E-state index in [1.165, 1.54) is 22.8 Å². The number of halogens is 2. The van der Waals surface area contributed by atoms with Crippen LogP contribution in [-0.4, -0.2) is 7.05 Å². The number of nitrogens with one attached hydrogen (secondary N) is 1. The number of rotatable bonds is 4. The molecular formula is C17H19BrFN. The van der Waals surface area contributed by atoms with Crippen molar-refractivity contribution in [3.05, 3.63) is 68.9 Å². The molecule has 3 heteroatoms. The molecule has 0 heterocycles. The van der Waals surface area contributed by atoms with Gasteiger partial charge >= 0.3 is 0 Å². The first-order valence-corrected chi connectivity index (χ1v) is 7.49. The molecule has 0 radical (unpaired) electrons. The van der Waals surface area contributed by atoms with Gasteiger partial charge < -0.3 is 5.32 Å². The van der Waals surface area contributed by atoms with Gasteiger partial charge in [-0.05, 0) is 72.1 Å². The van der Waals surface area contributed by atoms with Crippen LogP contribution in [0.2, 0.25) is 0 Å². The first-order chi connectivity index (χ1) is 9.51. The highest BCUT2D eigenvalue weighted by molar-refractivity contribution is 9.10. The molecule has 0 saturated heterocycles. The number of likely N-dealkylation sites (N-methyl/N-ethyl adjacent to an activating group) is 1. The van der Waals surface area contributed by atoms with Crippen LogP contribution in [0.5, 0.6) is 0 Å². The van der Waals surface area contributed by atoms with Crippen molar-refractivity contribution >= 4 is 15.9 Å². The Kier molecular flexibility index (Phi) is 4.95. The third kappa shape index (κ3) is 3.47. The van der Waals surface area contributed by atoms with Gasteiger partial charge in [0.15, 0.2) is 0 Å². The van der Waals surface area contributed by atoms with Gasteiger partial charge in [-0.25, -0.2) is 4.39 Å². The minimum absolute atomic E-state index is 0.221. The zero-order chi connectivity index (χ0) is 14.7. The molecule has 0 spiro atoms. The maximum absolute atomic E-state index is 13.3. The van der Waals surface area contributed by atoms with E-state index < -0.39 is 0 Å². The molecular weight excluding hydrogens is 317 g/mol. The van der Waals surface area contributed by atoms with E-state index in [0.717, 1.165) is 12.0 Å². The second-order valence-electron chi connectivity index (χ2n) is 5.15. The summed E-state index contributed by atoms with van der Waals surface area (Å²) in [6.07, 6.45) is 0.833. The number of hydrogen-bond donors (Lipinski definition) is 1. The topological polar surface area (TPSA) is 12.0 Å². The molecule has 1 nitrogen and oxygen atoms in total. The molecule has 0 aliphatic carbocycles. The van der Waals surface area contributed by atoms with E-state index in [2.05, 4.69) is 53.3 Å². The van der Waals surface area contributed by atoms with E-state index in [9.17, 15) is 4.39 Å². The fourth-order valence-corrected chi connectivity index (χ4v) is 2.91. The Balaban J connectivity index is 2.26. The van der Waals surface area contributed by atoms with E-state index in [0.29, 0.717) is 4.47 Å². The van der Waals surface area contributed by atoms with Crippen molar-refractivity contribution in [2.24, 2.45) is 0 Å². The quantitative estimate of drug-likeness (QED) is 0.853. The Hall–Kier alpha value is -1.19. The molecule has 0 aliphatic rings. The summed E-state index contributed by atoms with van der Waals surface area (Å²) in [5.41, 5.74) is 4.95. The van der Waals surface area contributed by atoms with Gasteiger partial charge in [0.05, 0.1) is 4.47 Å². The predicted octanol–water partition coefficient (Wildman–Crippen LogP) is 4.71. The highest BCUT2D eigenvalue weighted by Crippen LogP contribution is 2.24. The molecule has 0 aliphatic heterocycles. The van der Waals surface area contributed by atoms with Crippen LogP contribution in [0.3, 0.4) is 0 Å². The van der Waals surface area contributed by atoms with Crippen molar-refractivity contribution in [1.29, 1.82) is 0 Å². The van der Waals surface area contributed by atoms with Crippen molar-refractivity contribution in [3.8, 4) is 0 Å². The third-order valence-electron chi connectivity index (χ3n) is 3.57. The summed E-state index contributed by atoms with van der Waals surface area (Å²) in [7, 11) is 1.96.